The van der Waals surface area contributed by atoms with Gasteiger partial charge >= 0.3 is 0 Å². The van der Waals surface area contributed by atoms with E-state index in [0.717, 1.165) is 23.1 Å². The smallest absolute Gasteiger partial charge is 0.0758 e. The van der Waals surface area contributed by atoms with Gasteiger partial charge in [0.15, 0.2) is 0 Å². The molecule has 21 heavy (non-hydrogen) atoms. The van der Waals surface area contributed by atoms with Crippen molar-refractivity contribution in [3.8, 4) is 0 Å². The minimum Gasteiger partial charge on any atom is -0.309 e. The van der Waals surface area contributed by atoms with Crippen LogP contribution in [0.1, 0.15) is 25.3 Å². The fourth-order valence-electron chi connectivity index (χ4n) is 3.10. The number of hydrogen-bond acceptors (Lipinski definition) is 3. The highest BCUT2D eigenvalue weighted by molar-refractivity contribution is 9.10. The van der Waals surface area contributed by atoms with E-state index >= 15 is 0 Å². The van der Waals surface area contributed by atoms with Crippen LogP contribution < -0.4 is 5.32 Å². The zero-order valence-electron chi connectivity index (χ0n) is 12.5. The van der Waals surface area contributed by atoms with Gasteiger partial charge < -0.3 is 10.2 Å². The van der Waals surface area contributed by atoms with Crippen molar-refractivity contribution < 1.29 is 0 Å². The maximum absolute atomic E-state index is 4.56. The average molecular weight is 348 g/mol. The summed E-state index contributed by atoms with van der Waals surface area (Å²) in [5.74, 6) is 0. The van der Waals surface area contributed by atoms with Crippen molar-refractivity contribution in [2.45, 2.75) is 32.4 Å². The lowest BCUT2D eigenvalue weighted by molar-refractivity contribution is 0.198. The molecule has 0 aliphatic carbocycles. The van der Waals surface area contributed by atoms with E-state index in [-0.39, 0.29) is 0 Å². The van der Waals surface area contributed by atoms with E-state index < -0.39 is 0 Å². The monoisotopic (exact) mass is 347 g/mol. The van der Waals surface area contributed by atoms with E-state index in [9.17, 15) is 0 Å². The molecule has 2 heterocycles. The molecule has 4 heteroatoms. The first kappa shape index (κ1) is 14.9. The second-order valence-corrected chi connectivity index (χ2v) is 6.57. The first-order valence-electron chi connectivity index (χ1n) is 7.75. The third-order valence-electron chi connectivity index (χ3n) is 4.33. The van der Waals surface area contributed by atoms with Crippen molar-refractivity contribution in [3.05, 3.63) is 40.5 Å². The molecule has 1 aromatic heterocycles. The van der Waals surface area contributed by atoms with E-state index in [4.69, 9.17) is 0 Å². The zero-order chi connectivity index (χ0) is 14.7. The van der Waals surface area contributed by atoms with Gasteiger partial charge in [-0.05, 0) is 43.6 Å². The fourth-order valence-corrected chi connectivity index (χ4v) is 3.55. The number of likely N-dealkylation sites (N-methyl/N-ethyl adjacent to an activating group) is 1. The maximum Gasteiger partial charge on any atom is 0.0758 e. The Bertz CT molecular complexity index is 614. The van der Waals surface area contributed by atoms with E-state index in [1.165, 1.54) is 36.9 Å². The number of hydrogen-bond donors (Lipinski definition) is 1. The summed E-state index contributed by atoms with van der Waals surface area (Å²) < 4.78 is 1.11. The van der Waals surface area contributed by atoms with Crippen molar-refractivity contribution in [1.29, 1.82) is 0 Å². The third kappa shape index (κ3) is 3.44. The second kappa shape index (κ2) is 6.86. The van der Waals surface area contributed by atoms with Crippen molar-refractivity contribution >= 4 is 26.8 Å². The highest BCUT2D eigenvalue weighted by Gasteiger charge is 2.18. The number of benzene rings is 1. The average Bonchev–Trinajstić information content (AvgIpc) is 2.55. The van der Waals surface area contributed by atoms with Crippen LogP contribution in [0.3, 0.4) is 0 Å². The van der Waals surface area contributed by atoms with Gasteiger partial charge in [-0.3, -0.25) is 4.98 Å². The van der Waals surface area contributed by atoms with Gasteiger partial charge in [0, 0.05) is 35.2 Å². The van der Waals surface area contributed by atoms with Crippen molar-refractivity contribution in [2.24, 2.45) is 0 Å². The molecular formula is C17H22BrN3. The van der Waals surface area contributed by atoms with E-state index in [1.807, 2.05) is 12.3 Å². The summed E-state index contributed by atoms with van der Waals surface area (Å²) in [5.41, 5.74) is 2.38. The van der Waals surface area contributed by atoms with Crippen LogP contribution in [0.15, 0.2) is 34.9 Å². The molecule has 0 saturated carbocycles. The number of aromatic nitrogens is 1. The molecule has 1 N–H and O–H groups in total. The Hall–Kier alpha value is -0.970. The van der Waals surface area contributed by atoms with Gasteiger partial charge in [0.2, 0.25) is 0 Å². The molecule has 1 aliphatic heterocycles. The van der Waals surface area contributed by atoms with Gasteiger partial charge in [0.1, 0.15) is 0 Å². The number of halogens is 1. The van der Waals surface area contributed by atoms with Gasteiger partial charge in [0.05, 0.1) is 5.52 Å². The van der Waals surface area contributed by atoms with Gasteiger partial charge in [-0.1, -0.05) is 35.0 Å². The topological polar surface area (TPSA) is 28.2 Å². The van der Waals surface area contributed by atoms with Crippen molar-refractivity contribution in [2.75, 3.05) is 19.6 Å². The Morgan fingerprint density at radius 1 is 1.38 bits per heavy atom. The molecule has 1 aromatic carbocycles. The number of nitrogens with one attached hydrogen (secondary N) is 1. The van der Waals surface area contributed by atoms with Gasteiger partial charge in [-0.25, -0.2) is 0 Å². The Labute approximate surface area is 134 Å². The predicted octanol–water partition coefficient (Wildman–Crippen LogP) is 3.57. The van der Waals surface area contributed by atoms with Crippen molar-refractivity contribution in [1.82, 2.24) is 15.2 Å². The normalized spacial score (nSPS) is 20.0. The van der Waals surface area contributed by atoms with E-state index in [1.54, 1.807) is 0 Å². The summed E-state index contributed by atoms with van der Waals surface area (Å²) in [6.45, 7) is 6.70. The molecular weight excluding hydrogens is 326 g/mol. The molecule has 1 unspecified atom stereocenters. The van der Waals surface area contributed by atoms with Crippen molar-refractivity contribution in [3.63, 3.8) is 0 Å². The van der Waals surface area contributed by atoms with Crippen LogP contribution in [0.5, 0.6) is 0 Å². The zero-order valence-corrected chi connectivity index (χ0v) is 14.1. The highest BCUT2D eigenvalue weighted by Crippen LogP contribution is 2.25. The second-order valence-electron chi connectivity index (χ2n) is 5.72. The quantitative estimate of drug-likeness (QED) is 0.916. The number of piperidine rings is 1. The van der Waals surface area contributed by atoms with Crippen LogP contribution in [0.2, 0.25) is 0 Å². The highest BCUT2D eigenvalue weighted by atomic mass is 79.9. The first-order valence-corrected chi connectivity index (χ1v) is 8.55. The van der Waals surface area contributed by atoms with Gasteiger partial charge in [-0.2, -0.15) is 0 Å². The van der Waals surface area contributed by atoms with E-state index in [0.29, 0.717) is 6.04 Å². The van der Waals surface area contributed by atoms with Crippen LogP contribution in [-0.2, 0) is 6.54 Å². The number of rotatable bonds is 4. The van der Waals surface area contributed by atoms with Crippen LogP contribution in [0.25, 0.3) is 10.9 Å². The lowest BCUT2D eigenvalue weighted by Gasteiger charge is -2.32. The summed E-state index contributed by atoms with van der Waals surface area (Å²) in [4.78, 5) is 7.08. The van der Waals surface area contributed by atoms with Crippen LogP contribution in [-0.4, -0.2) is 35.6 Å². The number of likely N-dealkylation sites (tertiary alicyclic amines) is 1. The van der Waals surface area contributed by atoms with Crippen LogP contribution >= 0.6 is 15.9 Å². The lowest BCUT2D eigenvalue weighted by atomic mass is 10.0. The summed E-state index contributed by atoms with van der Waals surface area (Å²) >= 11 is 3.61. The minimum atomic E-state index is 0.598. The largest absolute Gasteiger partial charge is 0.309 e. The van der Waals surface area contributed by atoms with Gasteiger partial charge in [-0.15, -0.1) is 0 Å². The molecule has 0 radical (unpaired) electrons. The maximum atomic E-state index is 4.56. The minimum absolute atomic E-state index is 0.598. The summed E-state index contributed by atoms with van der Waals surface area (Å²) in [5, 5.41) is 4.91. The Kier molecular flexibility index (Phi) is 4.88. The molecule has 1 atom stereocenters. The summed E-state index contributed by atoms with van der Waals surface area (Å²) in [6.07, 6.45) is 4.45. The standard InChI is InChI=1S/C17H22BrN3/c1-2-21-10-4-5-14(12-21)20-11-13-7-8-16(18)15-6-3-9-19-17(13)15/h3,6-9,14,20H,2,4-5,10-12H2,1H3. The summed E-state index contributed by atoms with van der Waals surface area (Å²) in [6, 6.07) is 9.01. The molecule has 0 amide bonds. The van der Waals surface area contributed by atoms with E-state index in [2.05, 4.69) is 56.3 Å². The molecule has 2 aromatic rings. The van der Waals surface area contributed by atoms with Gasteiger partial charge in [0.25, 0.3) is 0 Å². The summed E-state index contributed by atoms with van der Waals surface area (Å²) in [7, 11) is 0. The Morgan fingerprint density at radius 3 is 3.14 bits per heavy atom. The molecule has 3 nitrogen and oxygen atoms in total. The number of nitrogens with zero attached hydrogens (tertiary/aromatic N) is 2. The molecule has 1 saturated heterocycles. The molecule has 0 bridgehead atoms. The Morgan fingerprint density at radius 2 is 2.29 bits per heavy atom. The lowest BCUT2D eigenvalue weighted by Crippen LogP contribution is -2.45. The Balaban J connectivity index is 1.72. The molecule has 0 spiro atoms. The van der Waals surface area contributed by atoms with Crippen LogP contribution in [0, 0.1) is 0 Å². The first-order chi connectivity index (χ1) is 10.3. The fraction of sp³-hybridized carbons (Fsp3) is 0.471. The SMILES string of the molecule is CCN1CCCC(NCc2ccc(Br)c3cccnc23)C1. The molecule has 1 aliphatic rings. The van der Waals surface area contributed by atoms with Crippen LogP contribution in [0.4, 0.5) is 0 Å². The number of fused-ring (bicyclic) bond motifs is 1. The number of pyridine rings is 1. The predicted molar refractivity (Wildman–Crippen MR) is 91.4 cm³/mol. The third-order valence-corrected chi connectivity index (χ3v) is 5.03. The molecule has 112 valence electrons. The molecule has 1 fully saturated rings. The molecule has 3 rings (SSSR count).